The van der Waals surface area contributed by atoms with Gasteiger partial charge in [-0.15, -0.1) is 0 Å². The normalized spacial score (nSPS) is 19.3. The number of ether oxygens (including phenoxy) is 2. The molecular formula is C14H17FO4. The average molecular weight is 268 g/mol. The summed E-state index contributed by atoms with van der Waals surface area (Å²) in [7, 11) is 0. The highest BCUT2D eigenvalue weighted by Gasteiger charge is 2.16. The van der Waals surface area contributed by atoms with E-state index in [9.17, 15) is 9.18 Å². The Morgan fingerprint density at radius 1 is 1.47 bits per heavy atom. The molecule has 104 valence electrons. The van der Waals surface area contributed by atoms with E-state index in [-0.39, 0.29) is 23.8 Å². The monoisotopic (exact) mass is 268 g/mol. The fraction of sp³-hybridized carbons (Fsp3) is 0.500. The lowest BCUT2D eigenvalue weighted by atomic mass is 10.1. The minimum atomic E-state index is -1.27. The number of aromatic carboxylic acids is 1. The van der Waals surface area contributed by atoms with Crippen molar-refractivity contribution in [3.05, 3.63) is 35.1 Å². The molecule has 0 aromatic heterocycles. The van der Waals surface area contributed by atoms with Gasteiger partial charge >= 0.3 is 5.97 Å². The first-order valence-corrected chi connectivity index (χ1v) is 6.38. The van der Waals surface area contributed by atoms with Crippen molar-refractivity contribution in [2.24, 2.45) is 0 Å². The first-order chi connectivity index (χ1) is 9.18. The molecule has 0 bridgehead atoms. The molecule has 1 unspecified atom stereocenters. The molecule has 1 aliphatic rings. The van der Waals surface area contributed by atoms with Crippen LogP contribution in [0.1, 0.15) is 35.2 Å². The van der Waals surface area contributed by atoms with E-state index >= 15 is 0 Å². The molecule has 1 aromatic rings. The second kappa shape index (κ2) is 6.63. The van der Waals surface area contributed by atoms with Gasteiger partial charge in [0.05, 0.1) is 24.9 Å². The molecule has 0 radical (unpaired) electrons. The Hall–Kier alpha value is -1.46. The zero-order valence-electron chi connectivity index (χ0n) is 10.6. The minimum absolute atomic E-state index is 0.0623. The van der Waals surface area contributed by atoms with Gasteiger partial charge in [-0.1, -0.05) is 12.1 Å². The molecule has 1 atom stereocenters. The van der Waals surface area contributed by atoms with E-state index in [0.717, 1.165) is 25.9 Å². The predicted molar refractivity (Wildman–Crippen MR) is 66.6 cm³/mol. The highest BCUT2D eigenvalue weighted by molar-refractivity contribution is 5.88. The minimum Gasteiger partial charge on any atom is -0.478 e. The number of hydrogen-bond acceptors (Lipinski definition) is 3. The van der Waals surface area contributed by atoms with Crippen molar-refractivity contribution in [2.45, 2.75) is 32.0 Å². The van der Waals surface area contributed by atoms with Crippen LogP contribution in [0.4, 0.5) is 4.39 Å². The maximum atomic E-state index is 13.8. The summed E-state index contributed by atoms with van der Waals surface area (Å²) in [5.74, 6) is -1.99. The molecule has 1 saturated heterocycles. The van der Waals surface area contributed by atoms with E-state index in [1.807, 2.05) is 0 Å². The van der Waals surface area contributed by atoms with Crippen molar-refractivity contribution < 1.29 is 23.8 Å². The topological polar surface area (TPSA) is 55.8 Å². The van der Waals surface area contributed by atoms with Crippen molar-refractivity contribution in [1.29, 1.82) is 0 Å². The van der Waals surface area contributed by atoms with Gasteiger partial charge in [0.15, 0.2) is 0 Å². The number of carboxylic acids is 1. The third-order valence-corrected chi connectivity index (χ3v) is 3.14. The molecule has 5 heteroatoms. The first-order valence-electron chi connectivity index (χ1n) is 6.38. The van der Waals surface area contributed by atoms with Gasteiger partial charge in [-0.25, -0.2) is 9.18 Å². The molecule has 1 fully saturated rings. The molecule has 4 nitrogen and oxygen atoms in total. The van der Waals surface area contributed by atoms with Crippen LogP contribution in [-0.2, 0) is 16.1 Å². The molecule has 0 amide bonds. The Bertz CT molecular complexity index is 441. The first kappa shape index (κ1) is 14.0. The number of hydrogen-bond donors (Lipinski definition) is 1. The van der Waals surface area contributed by atoms with Crippen LogP contribution < -0.4 is 0 Å². The largest absolute Gasteiger partial charge is 0.478 e. The molecule has 2 rings (SSSR count). The fourth-order valence-corrected chi connectivity index (χ4v) is 2.10. The number of carboxylic acid groups (broad SMARTS) is 1. The Balaban J connectivity index is 1.88. The van der Waals surface area contributed by atoms with Gasteiger partial charge in [0, 0.05) is 12.2 Å². The zero-order chi connectivity index (χ0) is 13.7. The lowest BCUT2D eigenvalue weighted by Gasteiger charge is -2.22. The SMILES string of the molecule is O=C(O)c1cccc(COCC2CCCCO2)c1F. The van der Waals surface area contributed by atoms with Crippen LogP contribution >= 0.6 is 0 Å². The van der Waals surface area contributed by atoms with Crippen LogP contribution in [0.3, 0.4) is 0 Å². The lowest BCUT2D eigenvalue weighted by molar-refractivity contribution is -0.0451. The van der Waals surface area contributed by atoms with Gasteiger partial charge in [-0.2, -0.15) is 0 Å². The van der Waals surface area contributed by atoms with Crippen LogP contribution in [0.25, 0.3) is 0 Å². The van der Waals surface area contributed by atoms with Crippen molar-refractivity contribution in [1.82, 2.24) is 0 Å². The Morgan fingerprint density at radius 3 is 3.00 bits per heavy atom. The molecular weight excluding hydrogens is 251 g/mol. The molecule has 1 N–H and O–H groups in total. The zero-order valence-corrected chi connectivity index (χ0v) is 10.6. The van der Waals surface area contributed by atoms with Gasteiger partial charge < -0.3 is 14.6 Å². The second-order valence-electron chi connectivity index (χ2n) is 4.59. The maximum absolute atomic E-state index is 13.8. The van der Waals surface area contributed by atoms with E-state index in [1.165, 1.54) is 18.2 Å². The molecule has 1 heterocycles. The lowest BCUT2D eigenvalue weighted by Crippen LogP contribution is -2.24. The van der Waals surface area contributed by atoms with E-state index in [0.29, 0.717) is 6.61 Å². The molecule has 0 saturated carbocycles. The molecule has 0 aliphatic carbocycles. The molecule has 1 aromatic carbocycles. The van der Waals surface area contributed by atoms with E-state index < -0.39 is 11.8 Å². The number of halogens is 1. The maximum Gasteiger partial charge on any atom is 0.338 e. The van der Waals surface area contributed by atoms with Crippen LogP contribution in [0.15, 0.2) is 18.2 Å². The van der Waals surface area contributed by atoms with Crippen molar-refractivity contribution in [3.8, 4) is 0 Å². The third kappa shape index (κ3) is 3.75. The van der Waals surface area contributed by atoms with Gasteiger partial charge in [0.2, 0.25) is 0 Å². The van der Waals surface area contributed by atoms with E-state index in [4.69, 9.17) is 14.6 Å². The Labute approximate surface area is 111 Å². The summed E-state index contributed by atoms with van der Waals surface area (Å²) in [6.07, 6.45) is 3.22. The summed E-state index contributed by atoms with van der Waals surface area (Å²) in [6.45, 7) is 1.22. The summed E-state index contributed by atoms with van der Waals surface area (Å²) >= 11 is 0. The van der Waals surface area contributed by atoms with Gasteiger partial charge in [-0.3, -0.25) is 0 Å². The molecule has 1 aliphatic heterocycles. The van der Waals surface area contributed by atoms with E-state index in [1.54, 1.807) is 0 Å². The van der Waals surface area contributed by atoms with Crippen LogP contribution in [0, 0.1) is 5.82 Å². The second-order valence-corrected chi connectivity index (χ2v) is 4.59. The highest BCUT2D eigenvalue weighted by atomic mass is 19.1. The van der Waals surface area contributed by atoms with Crippen molar-refractivity contribution in [2.75, 3.05) is 13.2 Å². The highest BCUT2D eigenvalue weighted by Crippen LogP contribution is 2.16. The number of rotatable bonds is 5. The van der Waals surface area contributed by atoms with Crippen LogP contribution in [0.5, 0.6) is 0 Å². The van der Waals surface area contributed by atoms with Crippen LogP contribution in [-0.4, -0.2) is 30.4 Å². The van der Waals surface area contributed by atoms with Crippen molar-refractivity contribution in [3.63, 3.8) is 0 Å². The Kier molecular flexibility index (Phi) is 4.87. The fourth-order valence-electron chi connectivity index (χ4n) is 2.10. The summed E-state index contributed by atoms with van der Waals surface area (Å²) in [4.78, 5) is 10.8. The van der Waals surface area contributed by atoms with Gasteiger partial charge in [-0.05, 0) is 25.3 Å². The standard InChI is InChI=1S/C14H17FO4/c15-13-10(4-3-6-12(13)14(16)17)8-18-9-11-5-1-2-7-19-11/h3-4,6,11H,1-2,5,7-9H2,(H,16,17). The summed E-state index contributed by atoms with van der Waals surface area (Å²) < 4.78 is 24.7. The summed E-state index contributed by atoms with van der Waals surface area (Å²) in [5, 5.41) is 8.82. The average Bonchev–Trinajstić information content (AvgIpc) is 2.41. The summed E-state index contributed by atoms with van der Waals surface area (Å²) in [5.41, 5.74) is -0.0641. The van der Waals surface area contributed by atoms with Crippen LogP contribution in [0.2, 0.25) is 0 Å². The number of benzene rings is 1. The third-order valence-electron chi connectivity index (χ3n) is 3.14. The van der Waals surface area contributed by atoms with E-state index in [2.05, 4.69) is 0 Å². The molecule has 0 spiro atoms. The number of carbonyl (C=O) groups is 1. The summed E-state index contributed by atoms with van der Waals surface area (Å²) in [6, 6.07) is 4.29. The quantitative estimate of drug-likeness (QED) is 0.891. The van der Waals surface area contributed by atoms with Crippen molar-refractivity contribution >= 4 is 5.97 Å². The molecule has 19 heavy (non-hydrogen) atoms. The Morgan fingerprint density at radius 2 is 2.32 bits per heavy atom. The predicted octanol–water partition coefficient (Wildman–Crippen LogP) is 2.61. The van der Waals surface area contributed by atoms with Gasteiger partial charge in [0.1, 0.15) is 5.82 Å². The van der Waals surface area contributed by atoms with Gasteiger partial charge in [0.25, 0.3) is 0 Å². The smallest absolute Gasteiger partial charge is 0.338 e.